The van der Waals surface area contributed by atoms with Gasteiger partial charge in [-0.1, -0.05) is 49.6 Å². The van der Waals surface area contributed by atoms with E-state index >= 15 is 0 Å². The molecule has 2 aliphatic rings. The van der Waals surface area contributed by atoms with Crippen molar-refractivity contribution in [2.24, 2.45) is 0 Å². The molecule has 2 heterocycles. The smallest absolute Gasteiger partial charge is 0.227 e. The van der Waals surface area contributed by atoms with E-state index < -0.39 is 0 Å². The van der Waals surface area contributed by atoms with Gasteiger partial charge >= 0.3 is 0 Å². The molecule has 5 rings (SSSR count). The van der Waals surface area contributed by atoms with Gasteiger partial charge in [0.25, 0.3) is 0 Å². The Bertz CT molecular complexity index is 1040. The van der Waals surface area contributed by atoms with Crippen LogP contribution in [-0.2, 0) is 6.54 Å². The summed E-state index contributed by atoms with van der Waals surface area (Å²) in [6.45, 7) is 4.83. The monoisotopic (exact) mass is 431 g/mol. The van der Waals surface area contributed by atoms with Crippen LogP contribution in [0.5, 0.6) is 5.75 Å². The Hall–Kier alpha value is -2.86. The molecule has 1 aromatic heterocycles. The zero-order valence-electron chi connectivity index (χ0n) is 19.0. The predicted molar refractivity (Wildman–Crippen MR) is 131 cm³/mol. The lowest BCUT2D eigenvalue weighted by Crippen LogP contribution is -2.51. The van der Waals surface area contributed by atoms with Gasteiger partial charge in [-0.3, -0.25) is 4.90 Å². The quantitative estimate of drug-likeness (QED) is 0.610. The summed E-state index contributed by atoms with van der Waals surface area (Å²) >= 11 is 0. The number of anilines is 2. The lowest BCUT2D eigenvalue weighted by molar-refractivity contribution is 0.147. The van der Waals surface area contributed by atoms with Crippen LogP contribution in [0.4, 0.5) is 11.8 Å². The first-order valence-corrected chi connectivity index (χ1v) is 11.9. The van der Waals surface area contributed by atoms with E-state index in [2.05, 4.69) is 33.3 Å². The summed E-state index contributed by atoms with van der Waals surface area (Å²) in [6, 6.07) is 17.1. The molecule has 2 aromatic carbocycles. The van der Waals surface area contributed by atoms with Crippen molar-refractivity contribution in [1.29, 1.82) is 0 Å². The fraction of sp³-hybridized carbons (Fsp3) is 0.462. The van der Waals surface area contributed by atoms with Crippen LogP contribution in [0.15, 0.2) is 48.5 Å². The third kappa shape index (κ3) is 4.51. The van der Waals surface area contributed by atoms with Crippen LogP contribution in [0.25, 0.3) is 10.9 Å². The van der Waals surface area contributed by atoms with Crippen molar-refractivity contribution >= 4 is 22.7 Å². The van der Waals surface area contributed by atoms with Gasteiger partial charge in [0, 0.05) is 49.7 Å². The van der Waals surface area contributed by atoms with Crippen molar-refractivity contribution in [3.8, 4) is 5.75 Å². The Morgan fingerprint density at radius 1 is 0.906 bits per heavy atom. The third-order valence-electron chi connectivity index (χ3n) is 6.92. The number of ether oxygens (including phenoxy) is 1. The maximum Gasteiger partial charge on any atom is 0.227 e. The van der Waals surface area contributed by atoms with E-state index in [1.807, 2.05) is 30.3 Å². The van der Waals surface area contributed by atoms with Crippen LogP contribution in [-0.4, -0.2) is 54.2 Å². The lowest BCUT2D eigenvalue weighted by Gasteiger charge is -2.40. The highest BCUT2D eigenvalue weighted by Crippen LogP contribution is 2.27. The molecule has 32 heavy (non-hydrogen) atoms. The number of rotatable bonds is 6. The molecule has 168 valence electrons. The lowest BCUT2D eigenvalue weighted by atomic mass is 9.94. The van der Waals surface area contributed by atoms with Crippen molar-refractivity contribution in [2.45, 2.75) is 44.7 Å². The first-order chi connectivity index (χ1) is 15.8. The summed E-state index contributed by atoms with van der Waals surface area (Å²) in [5, 5.41) is 4.60. The molecule has 0 amide bonds. The normalized spacial score (nSPS) is 18.1. The van der Waals surface area contributed by atoms with Crippen LogP contribution in [0.2, 0.25) is 0 Å². The van der Waals surface area contributed by atoms with Crippen LogP contribution in [0.1, 0.15) is 37.7 Å². The van der Waals surface area contributed by atoms with Crippen LogP contribution >= 0.6 is 0 Å². The molecule has 6 nitrogen and oxygen atoms in total. The topological polar surface area (TPSA) is 53.5 Å². The number of nitrogens with zero attached hydrogens (tertiary/aromatic N) is 4. The van der Waals surface area contributed by atoms with E-state index in [9.17, 15) is 0 Å². The number of hydrogen-bond acceptors (Lipinski definition) is 6. The number of piperazine rings is 1. The minimum Gasteiger partial charge on any atom is -0.496 e. The average Bonchev–Trinajstić information content (AvgIpc) is 2.88. The summed E-state index contributed by atoms with van der Waals surface area (Å²) in [4.78, 5) is 14.9. The highest BCUT2D eigenvalue weighted by Gasteiger charge is 2.26. The Labute approximate surface area is 190 Å². The standard InChI is InChI=1S/C26H33N5O/c1-32-24-14-8-5-9-20(24)19-27-25-22-12-6-7-13-23(22)28-26(29-25)31-17-15-30(16-18-31)21-10-3-2-4-11-21/h5-9,12-14,21H,2-4,10-11,15-19H2,1H3,(H,27,28,29). The molecule has 6 heteroatoms. The van der Waals surface area contributed by atoms with Crippen LogP contribution < -0.4 is 15.0 Å². The first-order valence-electron chi connectivity index (χ1n) is 11.9. The van der Waals surface area contributed by atoms with Gasteiger partial charge in [0.15, 0.2) is 0 Å². The number of fused-ring (bicyclic) bond motifs is 1. The highest BCUT2D eigenvalue weighted by molar-refractivity contribution is 5.90. The minimum absolute atomic E-state index is 0.653. The molecule has 0 spiro atoms. The maximum atomic E-state index is 5.51. The number of benzene rings is 2. The van der Waals surface area contributed by atoms with Crippen molar-refractivity contribution < 1.29 is 4.74 Å². The fourth-order valence-electron chi connectivity index (χ4n) is 5.10. The molecule has 0 unspecified atom stereocenters. The van der Waals surface area contributed by atoms with Crippen molar-refractivity contribution in [2.75, 3.05) is 43.5 Å². The molecule has 2 fully saturated rings. The van der Waals surface area contributed by atoms with E-state index in [-0.39, 0.29) is 0 Å². The summed E-state index contributed by atoms with van der Waals surface area (Å²) in [7, 11) is 1.71. The molecule has 1 N–H and O–H groups in total. The maximum absolute atomic E-state index is 5.51. The fourth-order valence-corrected chi connectivity index (χ4v) is 5.10. The van der Waals surface area contributed by atoms with Gasteiger partial charge in [0.1, 0.15) is 11.6 Å². The number of hydrogen-bond donors (Lipinski definition) is 1. The average molecular weight is 432 g/mol. The number of nitrogens with one attached hydrogen (secondary N) is 1. The van der Waals surface area contributed by atoms with Crippen molar-refractivity contribution in [1.82, 2.24) is 14.9 Å². The molecule has 1 saturated heterocycles. The summed E-state index contributed by atoms with van der Waals surface area (Å²) in [5.74, 6) is 2.60. The molecular formula is C26H33N5O. The molecule has 3 aromatic rings. The van der Waals surface area contributed by atoms with Crippen LogP contribution in [0.3, 0.4) is 0 Å². The second-order valence-electron chi connectivity index (χ2n) is 8.87. The van der Waals surface area contributed by atoms with Gasteiger partial charge in [0.2, 0.25) is 5.95 Å². The second-order valence-corrected chi connectivity index (χ2v) is 8.87. The highest BCUT2D eigenvalue weighted by atomic mass is 16.5. The number of methoxy groups -OCH3 is 1. The molecule has 0 radical (unpaired) electrons. The predicted octanol–water partition coefficient (Wildman–Crippen LogP) is 4.71. The molecule has 0 atom stereocenters. The van der Waals surface area contributed by atoms with E-state index in [1.54, 1.807) is 7.11 Å². The largest absolute Gasteiger partial charge is 0.496 e. The van der Waals surface area contributed by atoms with E-state index in [0.717, 1.165) is 66.2 Å². The van der Waals surface area contributed by atoms with Crippen molar-refractivity contribution in [3.63, 3.8) is 0 Å². The van der Waals surface area contributed by atoms with Crippen molar-refractivity contribution in [3.05, 3.63) is 54.1 Å². The van der Waals surface area contributed by atoms with E-state index in [0.29, 0.717) is 6.54 Å². The molecular weight excluding hydrogens is 398 g/mol. The van der Waals surface area contributed by atoms with Gasteiger partial charge in [-0.25, -0.2) is 4.98 Å². The van der Waals surface area contributed by atoms with Gasteiger partial charge in [-0.05, 0) is 31.0 Å². The van der Waals surface area contributed by atoms with Gasteiger partial charge in [-0.2, -0.15) is 4.98 Å². The SMILES string of the molecule is COc1ccccc1CNc1nc(N2CCN(C3CCCCC3)CC2)nc2ccccc12. The van der Waals surface area contributed by atoms with Gasteiger partial charge < -0.3 is 15.0 Å². The zero-order chi connectivity index (χ0) is 21.8. The summed E-state index contributed by atoms with van der Waals surface area (Å²) in [6.07, 6.45) is 6.92. The Kier molecular flexibility index (Phi) is 6.39. The number of aromatic nitrogens is 2. The molecule has 0 bridgehead atoms. The molecule has 1 saturated carbocycles. The Morgan fingerprint density at radius 2 is 1.66 bits per heavy atom. The summed E-state index contributed by atoms with van der Waals surface area (Å²) in [5.41, 5.74) is 2.09. The van der Waals surface area contributed by atoms with E-state index in [1.165, 1.54) is 32.1 Å². The molecule has 1 aliphatic heterocycles. The third-order valence-corrected chi connectivity index (χ3v) is 6.92. The summed E-state index contributed by atoms with van der Waals surface area (Å²) < 4.78 is 5.51. The van der Waals surface area contributed by atoms with E-state index in [4.69, 9.17) is 14.7 Å². The minimum atomic E-state index is 0.653. The Morgan fingerprint density at radius 3 is 2.47 bits per heavy atom. The number of para-hydroxylation sites is 2. The Balaban J connectivity index is 1.34. The second kappa shape index (κ2) is 9.74. The molecule has 1 aliphatic carbocycles. The first kappa shape index (κ1) is 21.0. The zero-order valence-corrected chi connectivity index (χ0v) is 19.0. The van der Waals surface area contributed by atoms with Crippen LogP contribution in [0, 0.1) is 0 Å². The van der Waals surface area contributed by atoms with Gasteiger partial charge in [-0.15, -0.1) is 0 Å². The van der Waals surface area contributed by atoms with Gasteiger partial charge in [0.05, 0.1) is 12.6 Å².